The van der Waals surface area contributed by atoms with Gasteiger partial charge in [-0.2, -0.15) is 0 Å². The van der Waals surface area contributed by atoms with E-state index in [9.17, 15) is 0 Å². The molecule has 0 aliphatic rings. The van der Waals surface area contributed by atoms with Crippen LogP contribution in [0.4, 0.5) is 0 Å². The van der Waals surface area contributed by atoms with E-state index in [1.807, 2.05) is 14.1 Å². The van der Waals surface area contributed by atoms with Crippen molar-refractivity contribution in [1.82, 2.24) is 4.90 Å². The summed E-state index contributed by atoms with van der Waals surface area (Å²) in [6.45, 7) is 4.70. The molecule has 3 N–H and O–H groups in total. The van der Waals surface area contributed by atoms with Crippen molar-refractivity contribution in [3.05, 3.63) is 12.2 Å². The Bertz CT molecular complexity index is 149. The topological polar surface area (TPSA) is 53.1 Å². The highest BCUT2D eigenvalue weighted by molar-refractivity contribution is 5.93. The van der Waals surface area contributed by atoms with E-state index in [4.69, 9.17) is 11.1 Å². The zero-order chi connectivity index (χ0) is 8.85. The summed E-state index contributed by atoms with van der Waals surface area (Å²) in [4.78, 5) is 2.10. The van der Waals surface area contributed by atoms with Gasteiger partial charge in [-0.1, -0.05) is 6.58 Å². The molecule has 3 nitrogen and oxygen atoms in total. The lowest BCUT2D eigenvalue weighted by atomic mass is 10.1. The van der Waals surface area contributed by atoms with Gasteiger partial charge in [-0.05, 0) is 39.1 Å². The van der Waals surface area contributed by atoms with Crippen LogP contribution in [0.5, 0.6) is 0 Å². The first-order chi connectivity index (χ1) is 5.04. The van der Waals surface area contributed by atoms with E-state index in [0.717, 1.165) is 25.0 Å². The number of rotatable bonds is 5. The van der Waals surface area contributed by atoms with Gasteiger partial charge in [0.2, 0.25) is 0 Å². The molecule has 3 heteroatoms. The largest absolute Gasteiger partial charge is 0.384 e. The zero-order valence-corrected chi connectivity index (χ0v) is 7.35. The van der Waals surface area contributed by atoms with Crippen molar-refractivity contribution in [2.75, 3.05) is 20.6 Å². The van der Waals surface area contributed by atoms with Crippen LogP contribution in [0.2, 0.25) is 0 Å². The quantitative estimate of drug-likeness (QED) is 0.456. The van der Waals surface area contributed by atoms with E-state index >= 15 is 0 Å². The van der Waals surface area contributed by atoms with Crippen molar-refractivity contribution in [3.8, 4) is 0 Å². The van der Waals surface area contributed by atoms with Crippen molar-refractivity contribution >= 4 is 5.84 Å². The third kappa shape index (κ3) is 5.61. The number of hydrogen-bond donors (Lipinski definition) is 2. The molecular weight excluding hydrogens is 138 g/mol. The van der Waals surface area contributed by atoms with Crippen LogP contribution >= 0.6 is 0 Å². The molecule has 0 aliphatic carbocycles. The molecule has 0 aromatic carbocycles. The summed E-state index contributed by atoms with van der Waals surface area (Å²) in [7, 11) is 4.05. The molecule has 0 heterocycles. The predicted octanol–water partition coefficient (Wildman–Crippen LogP) is 0.820. The Kier molecular flexibility index (Phi) is 4.54. The number of nitrogens with zero attached hydrogens (tertiary/aromatic N) is 1. The van der Waals surface area contributed by atoms with E-state index in [1.54, 1.807) is 0 Å². The average molecular weight is 155 g/mol. The molecule has 0 radical (unpaired) electrons. The van der Waals surface area contributed by atoms with E-state index in [2.05, 4.69) is 11.5 Å². The Labute approximate surface area is 68.4 Å². The minimum atomic E-state index is 0.115. The molecule has 0 aromatic heterocycles. The minimum absolute atomic E-state index is 0.115. The van der Waals surface area contributed by atoms with Crippen LogP contribution in [-0.4, -0.2) is 31.4 Å². The zero-order valence-electron chi connectivity index (χ0n) is 7.35. The Morgan fingerprint density at radius 2 is 2.09 bits per heavy atom. The Balaban J connectivity index is 3.40. The first-order valence-corrected chi connectivity index (χ1v) is 3.71. The Hall–Kier alpha value is -0.830. The van der Waals surface area contributed by atoms with Gasteiger partial charge in [0.25, 0.3) is 0 Å². The molecule has 11 heavy (non-hydrogen) atoms. The van der Waals surface area contributed by atoms with Gasteiger partial charge < -0.3 is 10.6 Å². The molecule has 0 rings (SSSR count). The monoisotopic (exact) mass is 155 g/mol. The standard InChI is InChI=1S/C8H17N3/c1-7(8(9)10)5-4-6-11(2)3/h1,4-6H2,2-3H3,(H3,9,10). The normalized spacial score (nSPS) is 10.1. The van der Waals surface area contributed by atoms with Gasteiger partial charge in [0.05, 0.1) is 0 Å². The lowest BCUT2D eigenvalue weighted by Crippen LogP contribution is -2.16. The summed E-state index contributed by atoms with van der Waals surface area (Å²) in [5.41, 5.74) is 5.97. The fourth-order valence-corrected chi connectivity index (χ4v) is 0.743. The van der Waals surface area contributed by atoms with Gasteiger partial charge in [0.1, 0.15) is 5.84 Å². The fraction of sp³-hybridized carbons (Fsp3) is 0.625. The van der Waals surface area contributed by atoms with Crippen LogP contribution in [0.1, 0.15) is 12.8 Å². The van der Waals surface area contributed by atoms with Gasteiger partial charge >= 0.3 is 0 Å². The highest BCUT2D eigenvalue weighted by atomic mass is 15.0. The van der Waals surface area contributed by atoms with Crippen molar-refractivity contribution < 1.29 is 0 Å². The van der Waals surface area contributed by atoms with Crippen molar-refractivity contribution in [1.29, 1.82) is 5.41 Å². The smallest absolute Gasteiger partial charge is 0.118 e. The molecular formula is C8H17N3. The molecule has 0 amide bonds. The predicted molar refractivity (Wildman–Crippen MR) is 48.8 cm³/mol. The lowest BCUT2D eigenvalue weighted by Gasteiger charge is -2.09. The third-order valence-electron chi connectivity index (χ3n) is 1.46. The van der Waals surface area contributed by atoms with Crippen LogP contribution in [0.15, 0.2) is 12.2 Å². The molecule has 0 unspecified atom stereocenters. The summed E-state index contributed by atoms with van der Waals surface area (Å²) in [5.74, 6) is 0.115. The first kappa shape index (κ1) is 10.2. The molecule has 0 fully saturated rings. The maximum Gasteiger partial charge on any atom is 0.118 e. The molecule has 0 bridgehead atoms. The van der Waals surface area contributed by atoms with Crippen molar-refractivity contribution in [2.24, 2.45) is 5.73 Å². The second kappa shape index (κ2) is 4.91. The Morgan fingerprint density at radius 3 is 2.45 bits per heavy atom. The van der Waals surface area contributed by atoms with Gasteiger partial charge in [-0.25, -0.2) is 0 Å². The van der Waals surface area contributed by atoms with Crippen molar-refractivity contribution in [3.63, 3.8) is 0 Å². The highest BCUT2D eigenvalue weighted by Crippen LogP contribution is 2.01. The van der Waals surface area contributed by atoms with Crippen molar-refractivity contribution in [2.45, 2.75) is 12.8 Å². The molecule has 64 valence electrons. The van der Waals surface area contributed by atoms with Gasteiger partial charge in [0, 0.05) is 0 Å². The van der Waals surface area contributed by atoms with E-state index < -0.39 is 0 Å². The molecule has 0 saturated heterocycles. The fourth-order valence-electron chi connectivity index (χ4n) is 0.743. The molecule has 0 spiro atoms. The van der Waals surface area contributed by atoms with E-state index in [-0.39, 0.29) is 5.84 Å². The van der Waals surface area contributed by atoms with E-state index in [1.165, 1.54) is 0 Å². The van der Waals surface area contributed by atoms with Crippen LogP contribution < -0.4 is 5.73 Å². The number of hydrogen-bond acceptors (Lipinski definition) is 2. The Morgan fingerprint density at radius 1 is 1.55 bits per heavy atom. The number of nitrogens with one attached hydrogen (secondary N) is 1. The first-order valence-electron chi connectivity index (χ1n) is 3.71. The summed E-state index contributed by atoms with van der Waals surface area (Å²) >= 11 is 0. The maximum absolute atomic E-state index is 7.05. The maximum atomic E-state index is 7.05. The van der Waals surface area contributed by atoms with E-state index in [0.29, 0.717) is 0 Å². The van der Waals surface area contributed by atoms with Gasteiger partial charge in [0.15, 0.2) is 0 Å². The highest BCUT2D eigenvalue weighted by Gasteiger charge is 1.97. The summed E-state index contributed by atoms with van der Waals surface area (Å²) in [5, 5.41) is 7.05. The third-order valence-corrected chi connectivity index (χ3v) is 1.46. The summed E-state index contributed by atoms with van der Waals surface area (Å²) in [6, 6.07) is 0. The molecule has 0 atom stereocenters. The number of nitrogens with two attached hydrogens (primary N) is 1. The van der Waals surface area contributed by atoms with Crippen LogP contribution in [0.25, 0.3) is 0 Å². The average Bonchev–Trinajstić information content (AvgIpc) is 1.86. The molecule has 0 saturated carbocycles. The molecule has 0 aliphatic heterocycles. The summed E-state index contributed by atoms with van der Waals surface area (Å²) in [6.07, 6.45) is 1.85. The van der Waals surface area contributed by atoms with Crippen LogP contribution in [-0.2, 0) is 0 Å². The number of amidine groups is 1. The lowest BCUT2D eigenvalue weighted by molar-refractivity contribution is 0.401. The SMILES string of the molecule is C=C(CCCN(C)C)C(=N)N. The second-order valence-electron chi connectivity index (χ2n) is 2.92. The molecule has 0 aromatic rings. The second-order valence-corrected chi connectivity index (χ2v) is 2.92. The minimum Gasteiger partial charge on any atom is -0.384 e. The van der Waals surface area contributed by atoms with Crippen LogP contribution in [0.3, 0.4) is 0 Å². The van der Waals surface area contributed by atoms with Gasteiger partial charge in [-0.3, -0.25) is 5.41 Å². The summed E-state index contributed by atoms with van der Waals surface area (Å²) < 4.78 is 0. The van der Waals surface area contributed by atoms with Gasteiger partial charge in [-0.15, -0.1) is 0 Å². The van der Waals surface area contributed by atoms with Crippen LogP contribution in [0, 0.1) is 5.41 Å².